The Bertz CT molecular complexity index is 1370. The number of halogens is 1. The maximum atomic E-state index is 15.9. The summed E-state index contributed by atoms with van der Waals surface area (Å²) in [6.45, 7) is 5.35. The van der Waals surface area contributed by atoms with Crippen LogP contribution in [0.5, 0.6) is 0 Å². The van der Waals surface area contributed by atoms with Crippen molar-refractivity contribution in [2.75, 3.05) is 31.6 Å². The molecule has 3 N–H and O–H groups in total. The number of amides is 2. The van der Waals surface area contributed by atoms with Crippen molar-refractivity contribution in [1.82, 2.24) is 20.2 Å². The molecule has 0 radical (unpaired) electrons. The number of hydrogen-bond donors (Lipinski definition) is 3. The Morgan fingerprint density at radius 2 is 1.95 bits per heavy atom. The van der Waals surface area contributed by atoms with Crippen molar-refractivity contribution in [3.63, 3.8) is 0 Å². The first-order valence-corrected chi connectivity index (χ1v) is 13.4. The van der Waals surface area contributed by atoms with Gasteiger partial charge in [-0.3, -0.25) is 15.2 Å². The molecule has 192 valence electrons. The molecular weight excluding hydrogens is 489 g/mol. The topological polar surface area (TPSA) is 90.4 Å². The van der Waals surface area contributed by atoms with Crippen LogP contribution in [0.3, 0.4) is 0 Å². The van der Waals surface area contributed by atoms with Crippen LogP contribution in [0.1, 0.15) is 25.3 Å². The predicted molar refractivity (Wildman–Crippen MR) is 146 cm³/mol. The molecule has 1 aliphatic heterocycles. The first-order chi connectivity index (χ1) is 18.1. The van der Waals surface area contributed by atoms with Crippen LogP contribution in [0.25, 0.3) is 32.6 Å². The molecule has 1 aliphatic rings. The lowest BCUT2D eigenvalue weighted by Gasteiger charge is -2.31. The number of piperidine rings is 1. The Kier molecular flexibility index (Phi) is 7.73. The van der Waals surface area contributed by atoms with Crippen molar-refractivity contribution < 1.29 is 14.3 Å². The number of hydrogen-bond acceptors (Lipinski definition) is 6. The highest BCUT2D eigenvalue weighted by Gasteiger charge is 2.21. The summed E-state index contributed by atoms with van der Waals surface area (Å²) in [6, 6.07) is 15.0. The van der Waals surface area contributed by atoms with E-state index in [1.165, 1.54) is 16.9 Å². The third-order valence-corrected chi connectivity index (χ3v) is 7.74. The molecule has 2 amide bonds. The summed E-state index contributed by atoms with van der Waals surface area (Å²) >= 11 is 1.23. The summed E-state index contributed by atoms with van der Waals surface area (Å²) in [7, 11) is 0. The van der Waals surface area contributed by atoms with Crippen LogP contribution < -0.4 is 10.6 Å². The number of carbonyl (C=O) groups excluding carboxylic acids is 1. The van der Waals surface area contributed by atoms with Gasteiger partial charge in [-0.05, 0) is 68.1 Å². The highest BCUT2D eigenvalue weighted by Crippen LogP contribution is 2.40. The first kappa shape index (κ1) is 25.3. The number of thiazole rings is 1. The quantitative estimate of drug-likeness (QED) is 0.300. The van der Waals surface area contributed by atoms with Gasteiger partial charge in [0, 0.05) is 37.0 Å². The van der Waals surface area contributed by atoms with E-state index in [0.717, 1.165) is 43.6 Å². The minimum atomic E-state index is -0.422. The Labute approximate surface area is 219 Å². The number of aliphatic hydroxyl groups excluding tert-OH is 1. The fourth-order valence-corrected chi connectivity index (χ4v) is 5.68. The van der Waals surface area contributed by atoms with Gasteiger partial charge in [-0.1, -0.05) is 41.7 Å². The van der Waals surface area contributed by atoms with E-state index in [9.17, 15) is 9.90 Å². The van der Waals surface area contributed by atoms with Crippen LogP contribution in [-0.4, -0.2) is 52.2 Å². The third-order valence-electron chi connectivity index (χ3n) is 6.74. The second-order valence-corrected chi connectivity index (χ2v) is 10.3. The number of pyridine rings is 1. The van der Waals surface area contributed by atoms with E-state index in [1.807, 2.05) is 55.5 Å². The number of nitrogens with zero attached hydrogens (tertiary/aromatic N) is 3. The Morgan fingerprint density at radius 1 is 1.16 bits per heavy atom. The van der Waals surface area contributed by atoms with E-state index in [0.29, 0.717) is 33.6 Å². The van der Waals surface area contributed by atoms with Crippen LogP contribution in [0.2, 0.25) is 0 Å². The molecule has 0 spiro atoms. The van der Waals surface area contributed by atoms with Crippen LogP contribution in [-0.2, 0) is 6.54 Å². The highest BCUT2D eigenvalue weighted by atomic mass is 32.1. The first-order valence-electron chi connectivity index (χ1n) is 12.6. The highest BCUT2D eigenvalue weighted by molar-refractivity contribution is 7.22. The predicted octanol–water partition coefficient (Wildman–Crippen LogP) is 5.51. The number of nitrogens with one attached hydrogen (secondary N) is 2. The Morgan fingerprint density at radius 3 is 2.62 bits per heavy atom. The van der Waals surface area contributed by atoms with Gasteiger partial charge in [0.25, 0.3) is 0 Å². The van der Waals surface area contributed by atoms with Gasteiger partial charge in [0.1, 0.15) is 5.52 Å². The van der Waals surface area contributed by atoms with Gasteiger partial charge in [0.05, 0.1) is 10.4 Å². The van der Waals surface area contributed by atoms with E-state index in [-0.39, 0.29) is 18.2 Å². The minimum absolute atomic E-state index is 0.214. The summed E-state index contributed by atoms with van der Waals surface area (Å²) in [5.74, 6) is -0.0130. The zero-order valence-corrected chi connectivity index (χ0v) is 21.5. The van der Waals surface area contributed by atoms with Crippen molar-refractivity contribution >= 4 is 32.7 Å². The van der Waals surface area contributed by atoms with E-state index in [4.69, 9.17) is 0 Å². The summed E-state index contributed by atoms with van der Waals surface area (Å²) < 4.78 is 16.5. The lowest BCUT2D eigenvalue weighted by molar-refractivity contribution is 0.127. The van der Waals surface area contributed by atoms with Crippen molar-refractivity contribution in [2.24, 2.45) is 5.92 Å². The van der Waals surface area contributed by atoms with Crippen LogP contribution in [0, 0.1) is 11.7 Å². The van der Waals surface area contributed by atoms with Gasteiger partial charge in [-0.2, -0.15) is 0 Å². The molecule has 1 saturated heterocycles. The van der Waals surface area contributed by atoms with Gasteiger partial charge in [-0.15, -0.1) is 0 Å². The average Bonchev–Trinajstić information content (AvgIpc) is 3.34. The molecule has 1 fully saturated rings. The smallest absolute Gasteiger partial charge is 0.321 e. The number of fused-ring (bicyclic) bond motifs is 1. The van der Waals surface area contributed by atoms with Crippen molar-refractivity contribution in [3.8, 4) is 22.4 Å². The van der Waals surface area contributed by atoms with Crippen LogP contribution in [0.15, 0.2) is 54.7 Å². The number of likely N-dealkylation sites (tertiary alicyclic amines) is 1. The van der Waals surface area contributed by atoms with Gasteiger partial charge in [-0.25, -0.2) is 14.2 Å². The van der Waals surface area contributed by atoms with Gasteiger partial charge >= 0.3 is 6.03 Å². The summed E-state index contributed by atoms with van der Waals surface area (Å²) in [5, 5.41) is 15.1. The SMILES string of the molecule is CCNC(=O)Nc1nc2c(F)c(-c3ccc(CN4CCC(CO)CC4)cc3)cc(-c3ccccn3)c2s1. The van der Waals surface area contributed by atoms with E-state index >= 15 is 4.39 Å². The molecule has 2 aromatic carbocycles. The van der Waals surface area contributed by atoms with E-state index in [2.05, 4.69) is 25.5 Å². The van der Waals surface area contributed by atoms with Gasteiger partial charge < -0.3 is 10.4 Å². The molecule has 0 bridgehead atoms. The van der Waals surface area contributed by atoms with Crippen LogP contribution >= 0.6 is 11.3 Å². The average molecular weight is 520 g/mol. The van der Waals surface area contributed by atoms with Gasteiger partial charge in [0.2, 0.25) is 0 Å². The molecule has 3 heterocycles. The molecule has 9 heteroatoms. The number of aliphatic hydroxyl groups is 1. The summed E-state index contributed by atoms with van der Waals surface area (Å²) in [6.07, 6.45) is 3.73. The molecule has 2 aromatic heterocycles. The largest absolute Gasteiger partial charge is 0.396 e. The fourth-order valence-electron chi connectivity index (χ4n) is 4.71. The minimum Gasteiger partial charge on any atom is -0.396 e. The molecule has 7 nitrogen and oxygen atoms in total. The zero-order valence-electron chi connectivity index (χ0n) is 20.7. The number of aromatic nitrogens is 2. The number of carbonyl (C=O) groups is 1. The Balaban J connectivity index is 1.47. The Hall–Kier alpha value is -3.40. The number of rotatable bonds is 7. The molecule has 0 aliphatic carbocycles. The second-order valence-electron chi connectivity index (χ2n) is 9.28. The van der Waals surface area contributed by atoms with Crippen LogP contribution in [0.4, 0.5) is 14.3 Å². The summed E-state index contributed by atoms with van der Waals surface area (Å²) in [5.41, 5.74) is 4.06. The van der Waals surface area contributed by atoms with Crippen molar-refractivity contribution in [2.45, 2.75) is 26.3 Å². The molecular formula is C28H30FN5O2S. The third kappa shape index (κ3) is 5.64. The number of anilines is 1. The fraction of sp³-hybridized carbons (Fsp3) is 0.321. The molecule has 5 rings (SSSR count). The van der Waals surface area contributed by atoms with E-state index < -0.39 is 5.82 Å². The summed E-state index contributed by atoms with van der Waals surface area (Å²) in [4.78, 5) is 23.4. The molecule has 0 unspecified atom stereocenters. The van der Waals surface area contributed by atoms with Gasteiger partial charge in [0.15, 0.2) is 10.9 Å². The standard InChI is InChI=1S/C28H30FN5O2S/c1-2-30-27(36)33-28-32-25-24(29)21(15-22(26(25)37-28)23-5-3-4-12-31-23)20-8-6-18(7-9-20)16-34-13-10-19(17-35)11-14-34/h3-9,12,15,19,35H,2,10-11,13-14,16-17H2,1H3,(H2,30,32,33,36). The van der Waals surface area contributed by atoms with E-state index in [1.54, 1.807) is 6.20 Å². The second kappa shape index (κ2) is 11.3. The molecule has 37 heavy (non-hydrogen) atoms. The molecule has 4 aromatic rings. The maximum absolute atomic E-state index is 15.9. The molecule has 0 atom stereocenters. The lowest BCUT2D eigenvalue weighted by Crippen LogP contribution is -2.34. The normalized spacial score (nSPS) is 14.7. The number of benzene rings is 2. The van der Waals surface area contributed by atoms with Crippen molar-refractivity contribution in [1.29, 1.82) is 0 Å². The number of urea groups is 1. The lowest BCUT2D eigenvalue weighted by atomic mass is 9.97. The van der Waals surface area contributed by atoms with Crippen molar-refractivity contribution in [3.05, 3.63) is 66.1 Å². The maximum Gasteiger partial charge on any atom is 0.321 e. The molecule has 0 saturated carbocycles. The monoisotopic (exact) mass is 519 g/mol. The zero-order chi connectivity index (χ0) is 25.8.